The average molecular weight is 400 g/mol. The van der Waals surface area contributed by atoms with Crippen molar-refractivity contribution in [3.05, 3.63) is 62.1 Å². The summed E-state index contributed by atoms with van der Waals surface area (Å²) in [6.45, 7) is 0. The fourth-order valence-corrected chi connectivity index (χ4v) is 2.59. The minimum absolute atomic E-state index is 0.0248. The Bertz CT molecular complexity index is 861. The molecule has 0 aliphatic rings. The third-order valence-corrected chi connectivity index (χ3v) is 3.80. The van der Waals surface area contributed by atoms with Crippen LogP contribution < -0.4 is 15.4 Å². The molecule has 0 aliphatic carbocycles. The summed E-state index contributed by atoms with van der Waals surface area (Å²) < 4.78 is 5.08. The van der Waals surface area contributed by atoms with Gasteiger partial charge in [-0.05, 0) is 36.5 Å². The minimum atomic E-state index is -0.547. The molecule has 0 fully saturated rings. The van der Waals surface area contributed by atoms with E-state index in [2.05, 4.69) is 10.6 Å². The number of benzene rings is 2. The Labute approximate surface area is 158 Å². The van der Waals surface area contributed by atoms with Gasteiger partial charge in [-0.25, -0.2) is 0 Å². The monoisotopic (exact) mass is 399 g/mol. The molecule has 0 aliphatic heterocycles. The van der Waals surface area contributed by atoms with Gasteiger partial charge in [-0.1, -0.05) is 23.2 Å². The summed E-state index contributed by atoms with van der Waals surface area (Å²) in [5, 5.41) is 16.5. The van der Waals surface area contributed by atoms with Crippen LogP contribution in [-0.2, 0) is 0 Å². The van der Waals surface area contributed by atoms with Gasteiger partial charge in [0.15, 0.2) is 5.11 Å². The molecule has 2 aromatic rings. The van der Waals surface area contributed by atoms with E-state index in [9.17, 15) is 14.9 Å². The molecule has 0 saturated carbocycles. The standard InChI is InChI=1S/C15H11Cl2N3O4S/c1-24-13-7-9(20(22)23)3-5-12(13)18-15(25)19-14(21)10-4-2-8(16)6-11(10)17/h2-7H,1H3,(H2,18,19,21,25). The second-order valence-electron chi connectivity index (χ2n) is 4.67. The highest BCUT2D eigenvalue weighted by molar-refractivity contribution is 7.80. The third kappa shape index (κ3) is 4.79. The van der Waals surface area contributed by atoms with Crippen LogP contribution in [0.3, 0.4) is 0 Å². The average Bonchev–Trinajstić information content (AvgIpc) is 2.54. The molecule has 0 saturated heterocycles. The van der Waals surface area contributed by atoms with Crippen molar-refractivity contribution in [3.8, 4) is 5.75 Å². The molecule has 7 nitrogen and oxygen atoms in total. The van der Waals surface area contributed by atoms with Crippen LogP contribution in [-0.4, -0.2) is 23.1 Å². The van der Waals surface area contributed by atoms with Gasteiger partial charge < -0.3 is 10.1 Å². The smallest absolute Gasteiger partial charge is 0.273 e. The van der Waals surface area contributed by atoms with Gasteiger partial charge in [0.05, 0.1) is 34.4 Å². The van der Waals surface area contributed by atoms with Crippen LogP contribution in [0.1, 0.15) is 10.4 Å². The summed E-state index contributed by atoms with van der Waals surface area (Å²) in [6.07, 6.45) is 0. The van der Waals surface area contributed by atoms with Gasteiger partial charge in [0.2, 0.25) is 0 Å². The first-order chi connectivity index (χ1) is 11.8. The van der Waals surface area contributed by atoms with Crippen LogP contribution in [0.5, 0.6) is 5.75 Å². The van der Waals surface area contributed by atoms with E-state index in [1.165, 1.54) is 43.5 Å². The van der Waals surface area contributed by atoms with Crippen molar-refractivity contribution in [2.24, 2.45) is 0 Å². The van der Waals surface area contributed by atoms with Crippen molar-refractivity contribution >= 4 is 57.8 Å². The fraction of sp³-hybridized carbons (Fsp3) is 0.0667. The molecular weight excluding hydrogens is 389 g/mol. The summed E-state index contributed by atoms with van der Waals surface area (Å²) >= 11 is 16.8. The first kappa shape index (κ1) is 18.9. The Kier molecular flexibility index (Phi) is 6.13. The number of carbonyl (C=O) groups excluding carboxylic acids is 1. The SMILES string of the molecule is COc1cc([N+](=O)[O-])ccc1NC(=S)NC(=O)c1ccc(Cl)cc1Cl. The molecule has 10 heteroatoms. The van der Waals surface area contributed by atoms with Crippen molar-refractivity contribution in [1.82, 2.24) is 5.32 Å². The quantitative estimate of drug-likeness (QED) is 0.457. The predicted molar refractivity (Wildman–Crippen MR) is 99.8 cm³/mol. The van der Waals surface area contributed by atoms with Gasteiger partial charge in [-0.3, -0.25) is 20.2 Å². The third-order valence-electron chi connectivity index (χ3n) is 3.05. The molecule has 0 heterocycles. The minimum Gasteiger partial charge on any atom is -0.494 e. The van der Waals surface area contributed by atoms with Crippen LogP contribution in [0.25, 0.3) is 0 Å². The molecule has 0 unspecified atom stereocenters. The Balaban J connectivity index is 2.12. The lowest BCUT2D eigenvalue weighted by Gasteiger charge is -2.13. The summed E-state index contributed by atoms with van der Waals surface area (Å²) in [6, 6.07) is 8.37. The number of hydrogen-bond acceptors (Lipinski definition) is 5. The number of thiocarbonyl (C=S) groups is 1. The van der Waals surface area contributed by atoms with E-state index < -0.39 is 10.8 Å². The number of halogens is 2. The van der Waals surface area contributed by atoms with Gasteiger partial charge in [-0.15, -0.1) is 0 Å². The van der Waals surface area contributed by atoms with E-state index in [1.54, 1.807) is 0 Å². The lowest BCUT2D eigenvalue weighted by Crippen LogP contribution is -2.34. The second-order valence-corrected chi connectivity index (χ2v) is 5.93. The van der Waals surface area contributed by atoms with Crippen LogP contribution >= 0.6 is 35.4 Å². The van der Waals surface area contributed by atoms with E-state index in [4.69, 9.17) is 40.2 Å². The highest BCUT2D eigenvalue weighted by Crippen LogP contribution is 2.29. The molecule has 0 atom stereocenters. The Morgan fingerprint density at radius 3 is 2.56 bits per heavy atom. The summed E-state index contributed by atoms with van der Waals surface area (Å²) in [4.78, 5) is 22.4. The largest absolute Gasteiger partial charge is 0.494 e. The number of ether oxygens (including phenoxy) is 1. The zero-order chi connectivity index (χ0) is 18.6. The number of nitro groups is 1. The molecule has 0 bridgehead atoms. The molecular formula is C15H11Cl2N3O4S. The Morgan fingerprint density at radius 2 is 1.96 bits per heavy atom. The highest BCUT2D eigenvalue weighted by Gasteiger charge is 2.15. The molecule has 2 aromatic carbocycles. The molecule has 130 valence electrons. The maximum Gasteiger partial charge on any atom is 0.273 e. The van der Waals surface area contributed by atoms with Crippen LogP contribution in [0, 0.1) is 10.1 Å². The van der Waals surface area contributed by atoms with Crippen molar-refractivity contribution in [2.75, 3.05) is 12.4 Å². The topological polar surface area (TPSA) is 93.5 Å². The van der Waals surface area contributed by atoms with Crippen molar-refractivity contribution in [3.63, 3.8) is 0 Å². The number of rotatable bonds is 4. The molecule has 1 amide bonds. The Morgan fingerprint density at radius 1 is 1.24 bits per heavy atom. The number of anilines is 1. The maximum atomic E-state index is 12.2. The van der Waals surface area contributed by atoms with E-state index in [0.717, 1.165) is 0 Å². The lowest BCUT2D eigenvalue weighted by molar-refractivity contribution is -0.384. The van der Waals surface area contributed by atoms with Crippen molar-refractivity contribution < 1.29 is 14.5 Å². The zero-order valence-electron chi connectivity index (χ0n) is 12.7. The number of amides is 1. The van der Waals surface area contributed by atoms with Crippen LogP contribution in [0.15, 0.2) is 36.4 Å². The Hall–Kier alpha value is -2.42. The first-order valence-electron chi connectivity index (χ1n) is 6.71. The van der Waals surface area contributed by atoms with E-state index in [1.807, 2.05) is 0 Å². The fourth-order valence-electron chi connectivity index (χ4n) is 1.89. The van der Waals surface area contributed by atoms with Gasteiger partial charge in [0.25, 0.3) is 11.6 Å². The molecule has 0 spiro atoms. The van der Waals surface area contributed by atoms with Gasteiger partial charge in [-0.2, -0.15) is 0 Å². The van der Waals surface area contributed by atoms with Crippen molar-refractivity contribution in [2.45, 2.75) is 0 Å². The molecule has 2 N–H and O–H groups in total. The predicted octanol–water partition coefficient (Wildman–Crippen LogP) is 4.04. The number of methoxy groups -OCH3 is 1. The first-order valence-corrected chi connectivity index (χ1v) is 7.88. The maximum absolute atomic E-state index is 12.2. The van der Waals surface area contributed by atoms with E-state index in [-0.39, 0.29) is 27.1 Å². The van der Waals surface area contributed by atoms with Crippen LogP contribution in [0.2, 0.25) is 10.0 Å². The second kappa shape index (κ2) is 8.11. The molecule has 2 rings (SSSR count). The van der Waals surface area contributed by atoms with Gasteiger partial charge in [0, 0.05) is 11.1 Å². The molecule has 0 radical (unpaired) electrons. The highest BCUT2D eigenvalue weighted by atomic mass is 35.5. The van der Waals surface area contributed by atoms with Gasteiger partial charge >= 0.3 is 0 Å². The van der Waals surface area contributed by atoms with E-state index in [0.29, 0.717) is 10.7 Å². The number of hydrogen-bond donors (Lipinski definition) is 2. The van der Waals surface area contributed by atoms with Crippen molar-refractivity contribution in [1.29, 1.82) is 0 Å². The summed E-state index contributed by atoms with van der Waals surface area (Å²) in [7, 11) is 1.36. The van der Waals surface area contributed by atoms with Crippen LogP contribution in [0.4, 0.5) is 11.4 Å². The molecule has 0 aromatic heterocycles. The van der Waals surface area contributed by atoms with Gasteiger partial charge in [0.1, 0.15) is 5.75 Å². The summed E-state index contributed by atoms with van der Waals surface area (Å²) in [5.41, 5.74) is 0.428. The normalized spacial score (nSPS) is 10.0. The zero-order valence-corrected chi connectivity index (χ0v) is 15.0. The number of nitro benzene ring substituents is 1. The number of nitrogens with zero attached hydrogens (tertiary/aromatic N) is 1. The lowest BCUT2D eigenvalue weighted by atomic mass is 10.2. The summed E-state index contributed by atoms with van der Waals surface area (Å²) in [5.74, 6) is -0.324. The van der Waals surface area contributed by atoms with E-state index >= 15 is 0 Å². The number of non-ortho nitro benzene ring substituents is 1. The molecule has 25 heavy (non-hydrogen) atoms. The number of nitrogens with one attached hydrogen (secondary N) is 2. The number of carbonyl (C=O) groups is 1.